The van der Waals surface area contributed by atoms with Crippen molar-refractivity contribution in [1.82, 2.24) is 103 Å². The van der Waals surface area contributed by atoms with E-state index in [0.717, 1.165) is 268 Å². The number of rotatable bonds is 0. The van der Waals surface area contributed by atoms with Crippen molar-refractivity contribution in [3.8, 4) is 78.6 Å². The number of piperidine rings is 2. The zero-order valence-electron chi connectivity index (χ0n) is 79.5. The Morgan fingerprint density at radius 1 is 0.301 bits per heavy atom. The quantitative estimate of drug-likeness (QED) is 0.0944. The van der Waals surface area contributed by atoms with Crippen LogP contribution in [0.3, 0.4) is 0 Å². The number of aryl methyl sites for hydroxylation is 5. The fourth-order valence-corrected chi connectivity index (χ4v) is 21.0. The minimum Gasteiger partial charge on any atom is -0.492 e. The van der Waals surface area contributed by atoms with Gasteiger partial charge in [-0.2, -0.15) is 25.5 Å². The smallest absolute Gasteiger partial charge is 0.165 e. The van der Waals surface area contributed by atoms with Crippen LogP contribution in [0.5, 0.6) is 23.0 Å². The molecular weight excluding hydrogens is 1700 g/mol. The van der Waals surface area contributed by atoms with Gasteiger partial charge >= 0.3 is 0 Å². The maximum Gasteiger partial charge on any atom is 0.165 e. The number of anilines is 6. The SMILES string of the molecule is Cc1ccc2cc1-c1cnn3ccc(nc13)N(C)CCN1CCCC[C@H]1CO2.Cc1ccc2cc1-c1cnn3ccc(nc13)N(C)CCN1CCC[C@H]1CN2.Cc1ccc2cc1-c1cnn3ccc(nc13)NCCN1CCCCC(C1)O2.Cc1ccc2cc1-c1cnn3ccc(nc13)NCCN1CCCC[C@H]1CO2.Cc1ccc2cc1-c1cnn3ccc(nc13)NCCN1CCNC[C@H]1CO2. The van der Waals surface area contributed by atoms with Gasteiger partial charge in [-0.05, 0) is 265 Å². The maximum absolute atomic E-state index is 6.42. The number of hydrogen-bond donors (Lipinski definition) is 5. The molecule has 2 unspecified atom stereocenters. The number of hydrogen-bond acceptors (Lipinski definition) is 26. The van der Waals surface area contributed by atoms with E-state index in [1.807, 2.05) is 103 Å². The number of likely N-dealkylation sites (N-methyl/N-ethyl adjacent to an activating group) is 2. The summed E-state index contributed by atoms with van der Waals surface area (Å²) in [4.78, 5) is 41.6. The van der Waals surface area contributed by atoms with Crippen molar-refractivity contribution in [3.63, 3.8) is 0 Å². The van der Waals surface area contributed by atoms with Gasteiger partial charge in [-0.3, -0.25) is 24.5 Å². The molecule has 706 valence electrons. The third-order valence-corrected chi connectivity index (χ3v) is 29.1. The Hall–Kier alpha value is -13.0. The minimum absolute atomic E-state index is 0.245. The molecule has 0 aliphatic carbocycles. The van der Waals surface area contributed by atoms with Crippen molar-refractivity contribution in [2.75, 3.05) is 189 Å². The highest BCUT2D eigenvalue weighted by Crippen LogP contribution is 2.39. The molecule has 31 nitrogen and oxygen atoms in total. The van der Waals surface area contributed by atoms with Crippen molar-refractivity contribution < 1.29 is 18.9 Å². The molecule has 0 spiro atoms. The molecule has 0 radical (unpaired) electrons. The van der Waals surface area contributed by atoms with Gasteiger partial charge < -0.3 is 55.3 Å². The van der Waals surface area contributed by atoms with Gasteiger partial charge in [0.25, 0.3) is 0 Å². The summed E-state index contributed by atoms with van der Waals surface area (Å²) in [5, 5.41) is 40.1. The Balaban J connectivity index is 0.000000102. The van der Waals surface area contributed by atoms with Crippen molar-refractivity contribution in [2.24, 2.45) is 0 Å². The number of piperazine rings is 1. The summed E-state index contributed by atoms with van der Waals surface area (Å²) in [7, 11) is 4.26. The first-order chi connectivity index (χ1) is 66.7. The van der Waals surface area contributed by atoms with Gasteiger partial charge in [-0.1, -0.05) is 43.2 Å². The molecule has 0 amide bonds. The molecule has 136 heavy (non-hydrogen) atoms. The van der Waals surface area contributed by atoms with Gasteiger partial charge in [0.05, 0.1) is 37.0 Å². The summed E-state index contributed by atoms with van der Waals surface area (Å²) in [6.07, 6.45) is 33.4. The molecule has 25 rings (SSSR count). The second-order valence-electron chi connectivity index (χ2n) is 38.1. The van der Waals surface area contributed by atoms with E-state index in [1.165, 1.54) is 110 Å². The minimum atomic E-state index is 0.245. The highest BCUT2D eigenvalue weighted by Gasteiger charge is 2.31. The average molecular weight is 1830 g/mol. The first-order valence-electron chi connectivity index (χ1n) is 49.3. The summed E-state index contributed by atoms with van der Waals surface area (Å²) in [6, 6.07) is 44.0. The molecular formula is C105H127N27O4. The monoisotopic (exact) mass is 1830 g/mol. The standard InChI is InChI=1S/C22H27N5O.C21H26N6.2C21H25N5O.C20H24N6O/c1-16-6-7-18-13-19(16)20-14-23-27-10-8-21(24-22(20)27)25(2)11-12-26-9-4-3-5-17(26)15-28-18;1-15-5-6-16-12-18(15)19-14-23-27-9-7-20(24-21(19)27)25(2)10-11-26-8-3-4-17(26)13-22-16;1-15-5-6-16-12-18(15)19-13-23-26-10-7-20(24-21(19)26)22-8-11-25-9-3-2-4-17(14-25)27-16;1-15-5-6-17-12-18(15)19-13-23-26-10-7-20(24-21(19)26)22-8-11-25-9-3-2-4-16(25)14-27-17;1-14-2-3-16-10-17(14)18-12-23-26-7-4-19(24-20(18)26)22-6-9-25-8-5-21-11-15(25)13-27-16/h6-8,10,13-14,17H,3-5,9,11-12,15H2,1-2H3;5-7,9,12,14,17,22H,3-4,8,10-11,13H2,1-2H3;5-7,10,12-13,17H,2-4,8-9,11,14H2,1H3,(H,22,24);5-7,10,12-13,16H,2-4,8-9,11,14H2,1H3,(H,22,24);2-4,7,10,12,15,21H,5-6,8-9,11,13H2,1H3,(H,22,24)/t2*17-;;16-;15-/m00.00/s1. The third-order valence-electron chi connectivity index (χ3n) is 29.1. The average Bonchev–Trinajstić information content (AvgIpc) is 1.65. The summed E-state index contributed by atoms with van der Waals surface area (Å²) in [6.45, 7) is 32.1. The van der Waals surface area contributed by atoms with Crippen LogP contribution in [-0.2, 0) is 0 Å². The van der Waals surface area contributed by atoms with Crippen LogP contribution in [0, 0.1) is 34.6 Å². The van der Waals surface area contributed by atoms with E-state index < -0.39 is 0 Å². The molecule has 10 aliphatic rings. The van der Waals surface area contributed by atoms with E-state index in [2.05, 4.69) is 238 Å². The number of nitrogens with zero attached hydrogens (tertiary/aromatic N) is 22. The van der Waals surface area contributed by atoms with Crippen LogP contribution in [0.4, 0.5) is 34.8 Å². The Bertz CT molecular complexity index is 6560. The van der Waals surface area contributed by atoms with Gasteiger partial charge in [0.1, 0.15) is 78.0 Å². The van der Waals surface area contributed by atoms with Crippen molar-refractivity contribution in [1.29, 1.82) is 0 Å². The topological polar surface area (TPSA) is 271 Å². The summed E-state index contributed by atoms with van der Waals surface area (Å²) in [5.41, 5.74) is 22.6. The van der Waals surface area contributed by atoms with Gasteiger partial charge in [-0.15, -0.1) is 0 Å². The molecule has 5 aromatic carbocycles. The normalized spacial score (nSPS) is 21.0. The fraction of sp³-hybridized carbons (Fsp3) is 0.429. The Morgan fingerprint density at radius 2 is 0.676 bits per heavy atom. The lowest BCUT2D eigenvalue weighted by Gasteiger charge is -2.36. The van der Waals surface area contributed by atoms with Crippen molar-refractivity contribution in [3.05, 3.63) is 211 Å². The van der Waals surface area contributed by atoms with Gasteiger partial charge in [0.2, 0.25) is 0 Å². The molecule has 20 heterocycles. The lowest BCUT2D eigenvalue weighted by molar-refractivity contribution is 0.102. The molecule has 31 heteroatoms. The molecule has 6 atom stereocenters. The van der Waals surface area contributed by atoms with Crippen molar-refractivity contribution in [2.45, 2.75) is 136 Å². The van der Waals surface area contributed by atoms with Crippen LogP contribution in [-0.4, -0.2) is 286 Å². The molecule has 5 fully saturated rings. The molecule has 15 aromatic rings. The lowest BCUT2D eigenvalue weighted by atomic mass is 10.0. The molecule has 5 N–H and O–H groups in total. The Morgan fingerprint density at radius 3 is 1.17 bits per heavy atom. The van der Waals surface area contributed by atoms with Crippen LogP contribution in [0.15, 0.2) is 183 Å². The van der Waals surface area contributed by atoms with Crippen LogP contribution in [0.25, 0.3) is 83.9 Å². The Labute approximate surface area is 794 Å². The van der Waals surface area contributed by atoms with E-state index in [4.69, 9.17) is 43.9 Å². The summed E-state index contributed by atoms with van der Waals surface area (Å²) >= 11 is 0. The maximum atomic E-state index is 6.42. The summed E-state index contributed by atoms with van der Waals surface area (Å²) < 4.78 is 34.3. The lowest BCUT2D eigenvalue weighted by Crippen LogP contribution is -2.54. The van der Waals surface area contributed by atoms with E-state index in [-0.39, 0.29) is 6.10 Å². The zero-order chi connectivity index (χ0) is 92.1. The number of nitrogens with one attached hydrogen (secondary N) is 5. The molecule has 10 aliphatic heterocycles. The number of benzene rings is 5. The Kier molecular flexibility index (Phi) is 26.6. The van der Waals surface area contributed by atoms with Gasteiger partial charge in [0, 0.05) is 195 Å². The van der Waals surface area contributed by atoms with Crippen LogP contribution in [0.1, 0.15) is 98.4 Å². The third kappa shape index (κ3) is 19.9. The first kappa shape index (κ1) is 89.5. The fourth-order valence-electron chi connectivity index (χ4n) is 21.0. The number of fused-ring (bicyclic) bond motifs is 26. The van der Waals surface area contributed by atoms with E-state index in [1.54, 1.807) is 0 Å². The largest absolute Gasteiger partial charge is 0.492 e. The highest BCUT2D eigenvalue weighted by molar-refractivity contribution is 5.85. The predicted octanol–water partition coefficient (Wildman–Crippen LogP) is 14.9. The van der Waals surface area contributed by atoms with E-state index in [9.17, 15) is 0 Å². The van der Waals surface area contributed by atoms with Crippen LogP contribution in [0.2, 0.25) is 0 Å². The van der Waals surface area contributed by atoms with E-state index in [0.29, 0.717) is 30.8 Å². The first-order valence-corrected chi connectivity index (χ1v) is 49.3. The number of ether oxygens (including phenoxy) is 4. The zero-order valence-corrected chi connectivity index (χ0v) is 79.5. The van der Waals surface area contributed by atoms with Crippen LogP contribution < -0.4 is 55.3 Å². The molecule has 22 bridgehead atoms. The van der Waals surface area contributed by atoms with Gasteiger partial charge in [-0.25, -0.2) is 47.5 Å². The second kappa shape index (κ2) is 40.5. The number of aromatic nitrogens is 15. The summed E-state index contributed by atoms with van der Waals surface area (Å²) in [5.74, 6) is 8.37. The molecule has 10 aromatic heterocycles. The predicted molar refractivity (Wildman–Crippen MR) is 539 cm³/mol. The second-order valence-corrected chi connectivity index (χ2v) is 38.1. The van der Waals surface area contributed by atoms with E-state index >= 15 is 0 Å². The molecule has 0 saturated carbocycles. The van der Waals surface area contributed by atoms with Crippen LogP contribution >= 0.6 is 0 Å². The molecule has 5 saturated heterocycles. The van der Waals surface area contributed by atoms with Crippen molar-refractivity contribution >= 4 is 63.0 Å². The van der Waals surface area contributed by atoms with Gasteiger partial charge in [0.15, 0.2) is 28.2 Å². The highest BCUT2D eigenvalue weighted by atomic mass is 16.5.